The highest BCUT2D eigenvalue weighted by Crippen LogP contribution is 2.22. The Kier molecular flexibility index (Phi) is 9.35. The van der Waals surface area contributed by atoms with E-state index in [2.05, 4.69) is 5.32 Å². The van der Waals surface area contributed by atoms with E-state index in [1.807, 2.05) is 60.7 Å². The number of carbonyl (C=O) groups is 2. The van der Waals surface area contributed by atoms with Gasteiger partial charge in [-0.05, 0) is 48.2 Å². The van der Waals surface area contributed by atoms with Gasteiger partial charge in [-0.25, -0.2) is 12.8 Å². The molecule has 0 unspecified atom stereocenters. The molecule has 39 heavy (non-hydrogen) atoms. The van der Waals surface area contributed by atoms with Crippen molar-refractivity contribution in [3.63, 3.8) is 0 Å². The van der Waals surface area contributed by atoms with Gasteiger partial charge >= 0.3 is 0 Å². The summed E-state index contributed by atoms with van der Waals surface area (Å²) in [5.41, 5.74) is 1.86. The van der Waals surface area contributed by atoms with Crippen molar-refractivity contribution in [2.24, 2.45) is 0 Å². The lowest BCUT2D eigenvalue weighted by Crippen LogP contribution is -2.54. The van der Waals surface area contributed by atoms with E-state index < -0.39 is 34.3 Å². The van der Waals surface area contributed by atoms with E-state index in [1.165, 1.54) is 17.0 Å². The minimum Gasteiger partial charge on any atom is -0.352 e. The number of hydrogen-bond donors (Lipinski definition) is 1. The number of halogens is 1. The van der Waals surface area contributed by atoms with Gasteiger partial charge in [-0.15, -0.1) is 0 Å². The van der Waals surface area contributed by atoms with Crippen molar-refractivity contribution in [2.75, 3.05) is 17.1 Å². The summed E-state index contributed by atoms with van der Waals surface area (Å²) in [5.74, 6) is -1.31. The van der Waals surface area contributed by atoms with Crippen molar-refractivity contribution in [1.82, 2.24) is 10.2 Å². The molecule has 9 heteroatoms. The maximum Gasteiger partial charge on any atom is 0.244 e. The normalized spacial score (nSPS) is 14.5. The fourth-order valence-corrected chi connectivity index (χ4v) is 5.77. The van der Waals surface area contributed by atoms with Crippen LogP contribution >= 0.6 is 0 Å². The molecule has 1 aliphatic carbocycles. The zero-order valence-corrected chi connectivity index (χ0v) is 22.8. The molecular formula is C30H34FN3O4S. The predicted molar refractivity (Wildman–Crippen MR) is 150 cm³/mol. The lowest BCUT2D eigenvalue weighted by Gasteiger charge is -2.34. The van der Waals surface area contributed by atoms with Crippen LogP contribution in [-0.2, 0) is 32.6 Å². The second-order valence-corrected chi connectivity index (χ2v) is 11.9. The van der Waals surface area contributed by atoms with Crippen LogP contribution in [0.5, 0.6) is 0 Å². The third kappa shape index (κ3) is 7.89. The molecule has 1 aliphatic rings. The topological polar surface area (TPSA) is 86.8 Å². The summed E-state index contributed by atoms with van der Waals surface area (Å²) in [7, 11) is -3.89. The van der Waals surface area contributed by atoms with Crippen LogP contribution in [0.15, 0.2) is 84.9 Å². The maximum atomic E-state index is 14.0. The molecule has 1 fully saturated rings. The number of nitrogens with one attached hydrogen (secondary N) is 1. The number of hydrogen-bond acceptors (Lipinski definition) is 4. The zero-order chi connectivity index (χ0) is 27.8. The highest BCUT2D eigenvalue weighted by atomic mass is 32.2. The first-order chi connectivity index (χ1) is 18.7. The van der Waals surface area contributed by atoms with Gasteiger partial charge in [0, 0.05) is 19.0 Å². The van der Waals surface area contributed by atoms with Gasteiger partial charge in [0.25, 0.3) is 0 Å². The van der Waals surface area contributed by atoms with E-state index in [1.54, 1.807) is 0 Å². The van der Waals surface area contributed by atoms with Gasteiger partial charge in [-0.1, -0.05) is 73.5 Å². The molecule has 1 atom stereocenters. The lowest BCUT2D eigenvalue weighted by molar-refractivity contribution is -0.140. The van der Waals surface area contributed by atoms with Crippen LogP contribution in [0.1, 0.15) is 36.8 Å². The third-order valence-corrected chi connectivity index (χ3v) is 8.10. The molecule has 7 nitrogen and oxygen atoms in total. The van der Waals surface area contributed by atoms with Gasteiger partial charge in [0.1, 0.15) is 18.4 Å². The molecule has 0 saturated heterocycles. The Morgan fingerprint density at radius 1 is 0.897 bits per heavy atom. The Bertz CT molecular complexity index is 1350. The minimum atomic E-state index is -3.89. The average molecular weight is 552 g/mol. The van der Waals surface area contributed by atoms with Gasteiger partial charge < -0.3 is 10.2 Å². The molecule has 0 bridgehead atoms. The maximum absolute atomic E-state index is 14.0. The quantitative estimate of drug-likeness (QED) is 0.385. The Hall–Kier alpha value is -3.72. The summed E-state index contributed by atoms with van der Waals surface area (Å²) in [6.07, 6.45) is 5.14. The van der Waals surface area contributed by atoms with Crippen LogP contribution < -0.4 is 9.62 Å². The molecule has 1 N–H and O–H groups in total. The monoisotopic (exact) mass is 551 g/mol. The number of sulfonamides is 1. The molecule has 0 spiro atoms. The van der Waals surface area contributed by atoms with Crippen LogP contribution in [0.25, 0.3) is 0 Å². The van der Waals surface area contributed by atoms with Crippen LogP contribution in [-0.4, -0.2) is 50.0 Å². The number of rotatable bonds is 11. The average Bonchev–Trinajstić information content (AvgIpc) is 3.43. The summed E-state index contributed by atoms with van der Waals surface area (Å²) in [5, 5.41) is 3.14. The first-order valence-corrected chi connectivity index (χ1v) is 15.0. The second-order valence-electron chi connectivity index (χ2n) is 9.95. The van der Waals surface area contributed by atoms with E-state index in [0.29, 0.717) is 0 Å². The molecule has 1 saturated carbocycles. The molecule has 0 aliphatic heterocycles. The molecule has 4 rings (SSSR count). The number of benzene rings is 3. The summed E-state index contributed by atoms with van der Waals surface area (Å²) in [6.45, 7) is -0.407. The van der Waals surface area contributed by atoms with E-state index in [9.17, 15) is 22.4 Å². The highest BCUT2D eigenvalue weighted by molar-refractivity contribution is 7.92. The van der Waals surface area contributed by atoms with Crippen molar-refractivity contribution in [3.05, 3.63) is 102 Å². The number of anilines is 1. The van der Waals surface area contributed by atoms with Crippen molar-refractivity contribution in [3.8, 4) is 0 Å². The SMILES string of the molecule is CS(=O)(=O)N(CC(=O)N(Cc1ccccc1)[C@H](Cc1ccccc1)C(=O)NC1CCCC1)c1ccc(F)cc1. The van der Waals surface area contributed by atoms with E-state index in [4.69, 9.17) is 0 Å². The smallest absolute Gasteiger partial charge is 0.244 e. The van der Waals surface area contributed by atoms with E-state index >= 15 is 0 Å². The second kappa shape index (κ2) is 12.9. The zero-order valence-electron chi connectivity index (χ0n) is 22.0. The van der Waals surface area contributed by atoms with Crippen molar-refractivity contribution >= 4 is 27.5 Å². The molecule has 2 amide bonds. The fraction of sp³-hybridized carbons (Fsp3) is 0.333. The summed E-state index contributed by atoms with van der Waals surface area (Å²) in [4.78, 5) is 29.2. The van der Waals surface area contributed by atoms with E-state index in [-0.39, 0.29) is 30.6 Å². The highest BCUT2D eigenvalue weighted by Gasteiger charge is 2.34. The summed E-state index contributed by atoms with van der Waals surface area (Å²) < 4.78 is 40.0. The molecule has 0 heterocycles. The molecule has 206 valence electrons. The summed E-state index contributed by atoms with van der Waals surface area (Å²) in [6, 6.07) is 22.9. The van der Waals surface area contributed by atoms with Crippen LogP contribution in [0.2, 0.25) is 0 Å². The standard InChI is InChI=1S/C30H34FN3O4S/c1-39(37,38)34(27-18-16-25(31)17-19-27)22-29(35)33(21-24-12-6-3-7-13-24)28(20-23-10-4-2-5-11-23)30(36)32-26-14-8-9-15-26/h2-7,10-13,16-19,26,28H,8-9,14-15,20-22H2,1H3,(H,32,36)/t28-/m1/s1. The number of carbonyl (C=O) groups excluding carboxylic acids is 2. The number of nitrogens with zero attached hydrogens (tertiary/aromatic N) is 2. The molecule has 3 aromatic rings. The van der Waals surface area contributed by atoms with Gasteiger partial charge in [-0.2, -0.15) is 0 Å². The van der Waals surface area contributed by atoms with Gasteiger partial charge in [0.2, 0.25) is 21.8 Å². The van der Waals surface area contributed by atoms with Gasteiger partial charge in [0.15, 0.2) is 0 Å². The fourth-order valence-electron chi connectivity index (χ4n) is 4.92. The third-order valence-electron chi connectivity index (χ3n) is 6.96. The van der Waals surface area contributed by atoms with Crippen molar-refractivity contribution in [1.29, 1.82) is 0 Å². The lowest BCUT2D eigenvalue weighted by atomic mass is 10.0. The Morgan fingerprint density at radius 3 is 2.03 bits per heavy atom. The molecule has 0 radical (unpaired) electrons. The van der Waals surface area contributed by atoms with Gasteiger partial charge in [0.05, 0.1) is 11.9 Å². The molecular weight excluding hydrogens is 517 g/mol. The molecule has 3 aromatic carbocycles. The largest absolute Gasteiger partial charge is 0.352 e. The van der Waals surface area contributed by atoms with Crippen LogP contribution in [0.4, 0.5) is 10.1 Å². The van der Waals surface area contributed by atoms with Crippen molar-refractivity contribution < 1.29 is 22.4 Å². The Labute approximate surface area is 229 Å². The Morgan fingerprint density at radius 2 is 1.46 bits per heavy atom. The van der Waals surface area contributed by atoms with Crippen LogP contribution in [0.3, 0.4) is 0 Å². The first-order valence-electron chi connectivity index (χ1n) is 13.1. The van der Waals surface area contributed by atoms with Crippen LogP contribution in [0, 0.1) is 5.82 Å². The Balaban J connectivity index is 1.70. The van der Waals surface area contributed by atoms with Gasteiger partial charge in [-0.3, -0.25) is 13.9 Å². The first kappa shape index (κ1) is 28.3. The molecule has 0 aromatic heterocycles. The summed E-state index contributed by atoms with van der Waals surface area (Å²) >= 11 is 0. The number of amides is 2. The van der Waals surface area contributed by atoms with E-state index in [0.717, 1.165) is 59.5 Å². The predicted octanol–water partition coefficient (Wildman–Crippen LogP) is 4.29. The van der Waals surface area contributed by atoms with Crippen molar-refractivity contribution in [2.45, 2.75) is 50.7 Å². The minimum absolute atomic E-state index is 0.0520.